The molecule has 0 aliphatic rings. The lowest BCUT2D eigenvalue weighted by Gasteiger charge is -2.05. The van der Waals surface area contributed by atoms with Gasteiger partial charge in [0.2, 0.25) is 0 Å². The number of amides is 1. The minimum absolute atomic E-state index is 0.136. The topological polar surface area (TPSA) is 75.1 Å². The second-order valence-corrected chi connectivity index (χ2v) is 4.04. The average molecular weight is 285 g/mol. The number of carbonyl (C=O) groups excluding carboxylic acids is 1. The maximum atomic E-state index is 13.7. The molecule has 0 fully saturated rings. The number of nitrogens with zero attached hydrogens (tertiary/aromatic N) is 2. The zero-order valence-corrected chi connectivity index (χ0v) is 11.0. The number of halogens is 1. The van der Waals surface area contributed by atoms with Crippen LogP contribution in [0, 0.1) is 17.7 Å². The van der Waals surface area contributed by atoms with E-state index in [1.165, 1.54) is 18.5 Å². The predicted molar refractivity (Wildman–Crippen MR) is 73.6 cm³/mol. The third kappa shape index (κ3) is 4.09. The third-order valence-electron chi connectivity index (χ3n) is 2.61. The summed E-state index contributed by atoms with van der Waals surface area (Å²) in [5.41, 5.74) is 0.983. The van der Waals surface area contributed by atoms with Crippen LogP contribution in [0.3, 0.4) is 0 Å². The van der Waals surface area contributed by atoms with Crippen molar-refractivity contribution in [3.05, 3.63) is 59.4 Å². The average Bonchev–Trinajstić information content (AvgIpc) is 2.52. The van der Waals surface area contributed by atoms with Gasteiger partial charge in [-0.05, 0) is 24.3 Å². The molecule has 2 aromatic rings. The van der Waals surface area contributed by atoms with Gasteiger partial charge in [-0.1, -0.05) is 11.8 Å². The molecule has 106 valence electrons. The van der Waals surface area contributed by atoms with Crippen LogP contribution >= 0.6 is 0 Å². The highest BCUT2D eigenvalue weighted by atomic mass is 19.1. The van der Waals surface area contributed by atoms with E-state index in [0.29, 0.717) is 5.69 Å². The number of aliphatic hydroxyl groups excluding tert-OH is 1. The van der Waals surface area contributed by atoms with Crippen LogP contribution in [-0.2, 0) is 6.54 Å². The fourth-order valence-corrected chi connectivity index (χ4v) is 1.59. The minimum Gasteiger partial charge on any atom is -0.384 e. The summed E-state index contributed by atoms with van der Waals surface area (Å²) in [6, 6.07) is 5.66. The quantitative estimate of drug-likeness (QED) is 0.821. The van der Waals surface area contributed by atoms with Crippen LogP contribution in [0.15, 0.2) is 36.8 Å². The Morgan fingerprint density at radius 3 is 2.90 bits per heavy atom. The van der Waals surface area contributed by atoms with Crippen LogP contribution in [0.1, 0.15) is 21.6 Å². The van der Waals surface area contributed by atoms with Crippen molar-refractivity contribution >= 4 is 5.91 Å². The summed E-state index contributed by atoms with van der Waals surface area (Å²) in [7, 11) is 0. The summed E-state index contributed by atoms with van der Waals surface area (Å²) in [6.07, 6.45) is 2.96. The van der Waals surface area contributed by atoms with Crippen LogP contribution < -0.4 is 5.32 Å². The first-order valence-corrected chi connectivity index (χ1v) is 6.13. The van der Waals surface area contributed by atoms with Crippen LogP contribution in [0.2, 0.25) is 0 Å². The first kappa shape index (κ1) is 14.6. The third-order valence-corrected chi connectivity index (χ3v) is 2.61. The minimum atomic E-state index is -0.606. The standard InChI is InChI=1S/C15H12FN3O2/c16-14-8-12(4-3-11(14)2-1-7-20)15(21)18-9-13-5-6-17-10-19-13/h3-6,8,10,20H,7,9H2,(H,18,21). The molecular weight excluding hydrogens is 273 g/mol. The van der Waals surface area contributed by atoms with E-state index in [1.54, 1.807) is 12.3 Å². The Kier molecular flexibility index (Phi) is 4.96. The maximum Gasteiger partial charge on any atom is 0.251 e. The SMILES string of the molecule is O=C(NCc1ccncn1)c1ccc(C#CCO)c(F)c1. The van der Waals surface area contributed by atoms with Crippen molar-refractivity contribution in [1.82, 2.24) is 15.3 Å². The number of benzene rings is 1. The smallest absolute Gasteiger partial charge is 0.251 e. The monoisotopic (exact) mass is 285 g/mol. The number of rotatable bonds is 3. The summed E-state index contributed by atoms with van der Waals surface area (Å²) in [5, 5.41) is 11.2. The molecule has 0 aliphatic carbocycles. The molecule has 0 unspecified atom stereocenters. The molecule has 0 aliphatic heterocycles. The zero-order chi connectivity index (χ0) is 15.1. The van der Waals surface area contributed by atoms with E-state index >= 15 is 0 Å². The maximum absolute atomic E-state index is 13.7. The second kappa shape index (κ2) is 7.12. The molecule has 6 heteroatoms. The van der Waals surface area contributed by atoms with Gasteiger partial charge in [0.25, 0.3) is 5.91 Å². The molecule has 21 heavy (non-hydrogen) atoms. The summed E-state index contributed by atoms with van der Waals surface area (Å²) < 4.78 is 13.7. The van der Waals surface area contributed by atoms with E-state index in [0.717, 1.165) is 6.07 Å². The van der Waals surface area contributed by atoms with E-state index in [1.807, 2.05) is 0 Å². The molecule has 2 N–H and O–H groups in total. The van der Waals surface area contributed by atoms with Gasteiger partial charge in [-0.15, -0.1) is 0 Å². The van der Waals surface area contributed by atoms with Crippen molar-refractivity contribution in [2.24, 2.45) is 0 Å². The highest BCUT2D eigenvalue weighted by Crippen LogP contribution is 2.09. The van der Waals surface area contributed by atoms with Crippen molar-refractivity contribution in [3.8, 4) is 11.8 Å². The zero-order valence-electron chi connectivity index (χ0n) is 11.0. The highest BCUT2D eigenvalue weighted by Gasteiger charge is 2.09. The summed E-state index contributed by atoms with van der Waals surface area (Å²) in [6.45, 7) is -0.115. The van der Waals surface area contributed by atoms with Crippen molar-refractivity contribution in [2.45, 2.75) is 6.54 Å². The fraction of sp³-hybridized carbons (Fsp3) is 0.133. The molecule has 1 aromatic carbocycles. The molecule has 0 saturated carbocycles. The summed E-state index contributed by atoms with van der Waals surface area (Å²) in [5.74, 6) is 3.80. The number of aromatic nitrogens is 2. The van der Waals surface area contributed by atoms with Gasteiger partial charge in [0, 0.05) is 11.8 Å². The van der Waals surface area contributed by atoms with Gasteiger partial charge < -0.3 is 10.4 Å². The largest absolute Gasteiger partial charge is 0.384 e. The van der Waals surface area contributed by atoms with Crippen molar-refractivity contribution in [1.29, 1.82) is 0 Å². The van der Waals surface area contributed by atoms with Gasteiger partial charge in [0.15, 0.2) is 0 Å². The molecule has 5 nitrogen and oxygen atoms in total. The Morgan fingerprint density at radius 2 is 2.24 bits per heavy atom. The Labute approximate surface area is 120 Å². The Bertz CT molecular complexity index is 693. The van der Waals surface area contributed by atoms with E-state index in [-0.39, 0.29) is 24.3 Å². The van der Waals surface area contributed by atoms with Gasteiger partial charge >= 0.3 is 0 Å². The highest BCUT2D eigenvalue weighted by molar-refractivity contribution is 5.94. The molecule has 0 atom stereocenters. The fourth-order valence-electron chi connectivity index (χ4n) is 1.59. The van der Waals surface area contributed by atoms with Crippen molar-refractivity contribution in [3.63, 3.8) is 0 Å². The van der Waals surface area contributed by atoms with Crippen LogP contribution in [0.5, 0.6) is 0 Å². The summed E-state index contributed by atoms with van der Waals surface area (Å²) in [4.78, 5) is 19.6. The summed E-state index contributed by atoms with van der Waals surface area (Å²) >= 11 is 0. The van der Waals surface area contributed by atoms with Crippen molar-refractivity contribution in [2.75, 3.05) is 6.61 Å². The Morgan fingerprint density at radius 1 is 1.38 bits per heavy atom. The number of hydrogen-bond acceptors (Lipinski definition) is 4. The molecule has 1 heterocycles. The molecule has 0 saturated heterocycles. The Hall–Kier alpha value is -2.78. The lowest BCUT2D eigenvalue weighted by Crippen LogP contribution is -2.23. The Balaban J connectivity index is 2.04. The molecule has 0 radical (unpaired) electrons. The lowest BCUT2D eigenvalue weighted by atomic mass is 10.1. The van der Waals surface area contributed by atoms with E-state index in [2.05, 4.69) is 27.1 Å². The second-order valence-electron chi connectivity index (χ2n) is 4.04. The number of hydrogen-bond donors (Lipinski definition) is 2. The molecule has 1 aromatic heterocycles. The normalized spacial score (nSPS) is 9.62. The van der Waals surface area contributed by atoms with Gasteiger partial charge in [-0.25, -0.2) is 14.4 Å². The van der Waals surface area contributed by atoms with Crippen LogP contribution in [-0.4, -0.2) is 27.6 Å². The first-order chi connectivity index (χ1) is 10.2. The van der Waals surface area contributed by atoms with Crippen LogP contribution in [0.25, 0.3) is 0 Å². The van der Waals surface area contributed by atoms with Gasteiger partial charge in [-0.2, -0.15) is 0 Å². The molecule has 2 rings (SSSR count). The predicted octanol–water partition coefficient (Wildman–Crippen LogP) is 0.889. The number of aliphatic hydroxyl groups is 1. The first-order valence-electron chi connectivity index (χ1n) is 6.13. The van der Waals surface area contributed by atoms with Gasteiger partial charge in [0.1, 0.15) is 18.8 Å². The number of carbonyl (C=O) groups is 1. The van der Waals surface area contributed by atoms with Crippen LogP contribution in [0.4, 0.5) is 4.39 Å². The van der Waals surface area contributed by atoms with Crippen molar-refractivity contribution < 1.29 is 14.3 Å². The van der Waals surface area contributed by atoms with Gasteiger partial charge in [-0.3, -0.25) is 4.79 Å². The molecule has 1 amide bonds. The molecular formula is C15H12FN3O2. The van der Waals surface area contributed by atoms with Gasteiger partial charge in [0.05, 0.1) is 17.8 Å². The van der Waals surface area contributed by atoms with E-state index < -0.39 is 11.7 Å². The lowest BCUT2D eigenvalue weighted by molar-refractivity contribution is 0.0950. The molecule has 0 spiro atoms. The van der Waals surface area contributed by atoms with E-state index in [9.17, 15) is 9.18 Å². The number of nitrogens with one attached hydrogen (secondary N) is 1. The van der Waals surface area contributed by atoms with E-state index in [4.69, 9.17) is 5.11 Å². The molecule has 0 bridgehead atoms.